The molecule has 12 rings (SSSR count). The van der Waals surface area contributed by atoms with E-state index in [4.69, 9.17) is 109 Å². The van der Waals surface area contributed by atoms with Gasteiger partial charge >= 0.3 is 0 Å². The van der Waals surface area contributed by atoms with Crippen LogP contribution >= 0.6 is 0 Å². The molecule has 0 aromatic heterocycles. The van der Waals surface area contributed by atoms with E-state index in [1.807, 2.05) is 0 Å². The summed E-state index contributed by atoms with van der Waals surface area (Å²) >= 11 is 0. The van der Waals surface area contributed by atoms with Crippen molar-refractivity contribution < 1.29 is 291 Å². The van der Waals surface area contributed by atoms with Crippen LogP contribution < -0.4 is 26.6 Å². The Balaban J connectivity index is 0.938. The third kappa shape index (κ3) is 26.3. The summed E-state index contributed by atoms with van der Waals surface area (Å²) in [5.41, 5.74) is 0. The Morgan fingerprint density at radius 1 is 0.192 bits per heavy atom. The number of amides is 5. The highest BCUT2D eigenvalue weighted by atomic mass is 16.8. The van der Waals surface area contributed by atoms with Crippen LogP contribution in [0.25, 0.3) is 0 Å². The number of rotatable bonds is 37. The standard InChI is InChI=1S/C82H137N5O59/c1-18-40(102)53(115)57(119)77(125-18)145-69-67(143-73-35(83-20(3)97)51(113)42(104)25(8-88)129-73)48(110)31(14-94)134-81(69)139-62-37(85-22(5)99)72(128-27(10-90)44(62)106)124-17-34-50(112)66(60(122)80(136-34)138-63-38(86-23(6)100)75(131-28(11-91)45(63)107)141-65-47(109)30(13-93)133-79(59(65)121)137-61-33(16-96)127-71(123)56(118)55(61)117)142-76-39(87-24(7)101)64(46(108)29(12-92)132-76)140-82-70(146-78-58(120)54(116)41(103)19(2)126-78)68(49(111)32(15-95)135-82)144-74-36(84-21(4)98)52(114)43(105)26(9-89)130-74/h18-19,25-82,88-96,102-123H,8-17H2,1-7H3,(H,83,97)(H,84,98)(H,85,99)(H,86,100)(H,87,101)/t18-,19-,25+,26+,27+,28+,29+,30+,31+,32+,33+,34+,35+,36+,37+,38+,39+,40+,41+,42-,43+,44+,45+,46+,47-,48-,49-,50-,51+,52+,53+,54+,55+,56+,57-,58-,59+,60+,61+,62+,63+,64+,65-,66-,67-,68-,69+,70+,71+,72+,73+,74+,75-,76-,77-,78-,79-,80-,81-,82-/m0/s1. The predicted molar refractivity (Wildman–Crippen MR) is 450 cm³/mol. The zero-order chi connectivity index (χ0) is 107. The highest BCUT2D eigenvalue weighted by Gasteiger charge is 2.65. The Hall–Kier alpha value is -4.81. The van der Waals surface area contributed by atoms with E-state index in [0.29, 0.717) is 0 Å². The van der Waals surface area contributed by atoms with E-state index in [1.165, 1.54) is 13.8 Å². The van der Waals surface area contributed by atoms with Crippen LogP contribution in [-0.2, 0) is 133 Å². The molecule has 12 aliphatic rings. The Morgan fingerprint density at radius 2 is 0.425 bits per heavy atom. The summed E-state index contributed by atoms with van der Waals surface area (Å²) in [6, 6.07) is -10.3. The van der Waals surface area contributed by atoms with E-state index in [9.17, 15) is 182 Å². The maximum atomic E-state index is 14.0. The Morgan fingerprint density at radius 3 is 0.760 bits per heavy atom. The lowest BCUT2D eigenvalue weighted by atomic mass is 9.93. The Labute approximate surface area is 827 Å². The molecule has 0 radical (unpaired) electrons. The number of ether oxygens (including phenoxy) is 23. The van der Waals surface area contributed by atoms with Crippen molar-refractivity contribution in [2.24, 2.45) is 0 Å². The Kier molecular flexibility index (Phi) is 42.8. The molecule has 0 aromatic rings. The maximum absolute atomic E-state index is 14.0. The maximum Gasteiger partial charge on any atom is 0.217 e. The van der Waals surface area contributed by atoms with Crippen LogP contribution in [0.4, 0.5) is 0 Å². The van der Waals surface area contributed by atoms with Crippen molar-refractivity contribution >= 4 is 29.5 Å². The van der Waals surface area contributed by atoms with Crippen molar-refractivity contribution in [1.82, 2.24) is 26.6 Å². The van der Waals surface area contributed by atoms with Gasteiger partial charge in [-0.3, -0.25) is 24.0 Å². The minimum atomic E-state index is -2.77. The summed E-state index contributed by atoms with van der Waals surface area (Å²) < 4.78 is 140. The first-order chi connectivity index (χ1) is 69.0. The highest BCUT2D eigenvalue weighted by Crippen LogP contribution is 2.44. The van der Waals surface area contributed by atoms with Gasteiger partial charge in [0.1, 0.15) is 280 Å². The molecule has 64 heteroatoms. The second-order valence-corrected chi connectivity index (χ2v) is 37.3. The van der Waals surface area contributed by atoms with Gasteiger partial charge in [0.15, 0.2) is 75.5 Å². The quantitative estimate of drug-likeness (QED) is 0.0275. The normalized spacial score (nSPS) is 49.8. The number of carbonyl (C=O) groups is 5. The fourth-order valence-corrected chi connectivity index (χ4v) is 19.2. The molecule has 0 unspecified atom stereocenters. The first-order valence-corrected chi connectivity index (χ1v) is 46.9. The van der Waals surface area contributed by atoms with Gasteiger partial charge in [0.25, 0.3) is 0 Å². The number of hydrogen-bond acceptors (Lipinski definition) is 59. The van der Waals surface area contributed by atoms with Gasteiger partial charge in [0.2, 0.25) is 29.5 Å². The number of nitrogens with one attached hydrogen (secondary N) is 5. The van der Waals surface area contributed by atoms with Gasteiger partial charge in [-0.1, -0.05) is 0 Å². The van der Waals surface area contributed by atoms with Crippen molar-refractivity contribution in [2.75, 3.05) is 66.1 Å². The number of aliphatic hydroxyl groups excluding tert-OH is 31. The lowest BCUT2D eigenvalue weighted by Gasteiger charge is -2.52. The van der Waals surface area contributed by atoms with Gasteiger partial charge in [-0.2, -0.15) is 0 Å². The van der Waals surface area contributed by atoms with Gasteiger partial charge in [0, 0.05) is 34.6 Å². The molecule has 0 aliphatic carbocycles. The molecule has 64 nitrogen and oxygen atoms in total. The molecule has 0 bridgehead atoms. The summed E-state index contributed by atoms with van der Waals surface area (Å²) in [7, 11) is 0. The van der Waals surface area contributed by atoms with Crippen LogP contribution in [0.1, 0.15) is 48.5 Å². The summed E-state index contributed by atoms with van der Waals surface area (Å²) in [6.07, 6.45) is -120. The number of carbonyl (C=O) groups excluding carboxylic acids is 5. The van der Waals surface area contributed by atoms with Gasteiger partial charge in [-0.05, 0) is 13.8 Å². The van der Waals surface area contributed by atoms with Gasteiger partial charge in [-0.15, -0.1) is 0 Å². The van der Waals surface area contributed by atoms with Crippen LogP contribution in [-0.4, -0.2) is 622 Å². The minimum absolute atomic E-state index is 0.839. The molecule has 36 N–H and O–H groups in total. The van der Waals surface area contributed by atoms with Crippen LogP contribution in [0.3, 0.4) is 0 Å². The summed E-state index contributed by atoms with van der Waals surface area (Å²) in [5, 5.41) is 365. The number of hydrogen-bond donors (Lipinski definition) is 36. The van der Waals surface area contributed by atoms with Gasteiger partial charge in [0.05, 0.1) is 78.3 Å². The fourth-order valence-electron chi connectivity index (χ4n) is 19.2. The molecule has 12 fully saturated rings. The average molecular weight is 2140 g/mol. The lowest BCUT2D eigenvalue weighted by Crippen LogP contribution is -2.72. The molecule has 12 aliphatic heterocycles. The SMILES string of the molecule is CC(=O)N[C@H]1[C@@H](O[C@H]2[C@@H](O)[C@@H](CO)O[C@@H](O[C@H]3[C@H](O)[C@@H](CO)O[C@@H](OC[C@H]4O[C@@H](O[C@H]5[C@H](O)[C@@H](CO)O[C@@H](O[C@H]6[C@@H](O)[C@@H](CO)O[C@@H](O[C@H]7[C@H](O)[C@@H](O)[C@H](O)O[C@@H]7CO)[C@@H]6O)[C@@H]5NC(C)=O)[C@H](O)[C@@H](O[C@@H]5O[C@H](CO)[C@@H](O)[C@H](O[C@@H]6O[C@H](CO)[C@H](O)[C@H](O[C@H]7O[C@H](CO)[C@@H](O)[C@H](O)[C@H]7NC(C)=O)[C@H]6O[C@@H]6O[C@@H](C)[C@@H](O)[C@@H](O)[C@@H]6O)[C@H]5NC(C)=O)[C@H]4O)[C@@H]3NC(C)=O)[C@@H]2O[C@@H]2O[C@@H](C)[C@@H](O)[C@@H](O)[C@@H]2O)O[C@H](CO)[C@H](O)[C@@H]1O. The Bertz CT molecular complexity index is 4090. The van der Waals surface area contributed by atoms with Crippen LogP contribution in [0.2, 0.25) is 0 Å². The highest BCUT2D eigenvalue weighted by molar-refractivity contribution is 5.75. The molecule has 12 saturated heterocycles. The second kappa shape index (κ2) is 52.2. The van der Waals surface area contributed by atoms with Gasteiger partial charge in [-0.25, -0.2) is 0 Å². The topological polar surface area (TPSA) is 985 Å². The van der Waals surface area contributed by atoms with Crippen LogP contribution in [0, 0.1) is 0 Å². The van der Waals surface area contributed by atoms with Crippen LogP contribution in [0.5, 0.6) is 0 Å². The molecule has 5 amide bonds. The van der Waals surface area contributed by atoms with Crippen molar-refractivity contribution in [3.8, 4) is 0 Å². The zero-order valence-corrected chi connectivity index (χ0v) is 79.0. The largest absolute Gasteiger partial charge is 0.394 e. The van der Waals surface area contributed by atoms with Crippen molar-refractivity contribution in [3.05, 3.63) is 0 Å². The van der Waals surface area contributed by atoms with E-state index >= 15 is 0 Å². The lowest BCUT2D eigenvalue weighted by molar-refractivity contribution is -0.402. The summed E-state index contributed by atoms with van der Waals surface area (Å²) in [6.45, 7) is -5.23. The third-order valence-corrected chi connectivity index (χ3v) is 27.0. The van der Waals surface area contributed by atoms with E-state index in [-0.39, 0.29) is 0 Å². The van der Waals surface area contributed by atoms with E-state index in [1.54, 1.807) is 0 Å². The second-order valence-electron chi connectivity index (χ2n) is 37.3. The first kappa shape index (κ1) is 120. The summed E-state index contributed by atoms with van der Waals surface area (Å²) in [4.78, 5) is 67.0. The fraction of sp³-hybridized carbons (Fsp3) is 0.939. The third-order valence-electron chi connectivity index (χ3n) is 27.0. The van der Waals surface area contributed by atoms with E-state index in [0.717, 1.165) is 34.6 Å². The van der Waals surface area contributed by atoms with Crippen LogP contribution in [0.15, 0.2) is 0 Å². The predicted octanol–water partition coefficient (Wildman–Crippen LogP) is -24.4. The minimum Gasteiger partial charge on any atom is -0.394 e. The molecule has 0 aromatic carbocycles. The molecular weight excluding hydrogens is 2000 g/mol. The monoisotopic (exact) mass is 2140 g/mol. The zero-order valence-electron chi connectivity index (χ0n) is 79.0. The first-order valence-electron chi connectivity index (χ1n) is 46.9. The van der Waals surface area contributed by atoms with E-state index in [2.05, 4.69) is 26.6 Å². The van der Waals surface area contributed by atoms with Crippen molar-refractivity contribution in [3.63, 3.8) is 0 Å². The molecule has 844 valence electrons. The molecule has 0 spiro atoms. The number of aliphatic hydroxyl groups is 31. The van der Waals surface area contributed by atoms with Crippen molar-refractivity contribution in [1.29, 1.82) is 0 Å². The molecule has 12 heterocycles. The van der Waals surface area contributed by atoms with E-state index < -0.39 is 464 Å². The smallest absolute Gasteiger partial charge is 0.217 e. The van der Waals surface area contributed by atoms with Gasteiger partial charge < -0.3 is 294 Å². The molecular formula is C82H137N5O59. The summed E-state index contributed by atoms with van der Waals surface area (Å²) in [5.74, 6) is -5.15. The molecule has 146 heavy (non-hydrogen) atoms. The van der Waals surface area contributed by atoms with Crippen molar-refractivity contribution in [2.45, 2.75) is 417 Å². The average Bonchev–Trinajstić information content (AvgIpc) is 0.756. The molecule has 0 saturated carbocycles. The molecule has 60 atom stereocenters.